The van der Waals surface area contributed by atoms with Crippen LogP contribution < -0.4 is 0 Å². The minimum Gasteiger partial charge on any atom is -0.348 e. The molecule has 0 aromatic rings. The first kappa shape index (κ1) is 7.34. The van der Waals surface area contributed by atoms with Gasteiger partial charge in [-0.2, -0.15) is 0 Å². The zero-order valence-electron chi connectivity index (χ0n) is 7.64. The number of hydrogen-bond acceptors (Lipinski definition) is 2. The first-order valence-electron chi connectivity index (χ1n) is 4.98. The van der Waals surface area contributed by atoms with Gasteiger partial charge in [-0.3, -0.25) is 0 Å². The molecule has 0 aromatic heterocycles. The van der Waals surface area contributed by atoms with Crippen molar-refractivity contribution in [2.24, 2.45) is 11.3 Å². The molecule has 2 bridgehead atoms. The molecule has 1 spiro atoms. The van der Waals surface area contributed by atoms with Gasteiger partial charge >= 0.3 is 0 Å². The Hall–Kier alpha value is -0.0800. The highest BCUT2D eigenvalue weighted by atomic mass is 16.7. The van der Waals surface area contributed by atoms with E-state index in [1.807, 2.05) is 0 Å². The lowest BCUT2D eigenvalue weighted by Gasteiger charge is -2.56. The molecule has 0 N–H and O–H groups in total. The van der Waals surface area contributed by atoms with Crippen LogP contribution in [0.4, 0.5) is 0 Å². The molecular formula is C10H16O2. The van der Waals surface area contributed by atoms with Gasteiger partial charge in [-0.25, -0.2) is 0 Å². The largest absolute Gasteiger partial charge is 0.348 e. The second kappa shape index (κ2) is 2.05. The first-order chi connectivity index (χ1) is 5.70. The molecule has 0 atom stereocenters. The minimum atomic E-state index is -0.143. The molecule has 4 rings (SSSR count). The van der Waals surface area contributed by atoms with E-state index in [-0.39, 0.29) is 5.79 Å². The van der Waals surface area contributed by atoms with Crippen LogP contribution in [0.5, 0.6) is 0 Å². The Bertz CT molecular complexity index is 200. The van der Waals surface area contributed by atoms with E-state index in [0.29, 0.717) is 5.41 Å². The maximum Gasteiger partial charge on any atom is 0.169 e. The van der Waals surface area contributed by atoms with Crippen LogP contribution in [0.3, 0.4) is 0 Å². The third-order valence-corrected chi connectivity index (χ3v) is 3.67. The molecule has 2 heteroatoms. The smallest absolute Gasteiger partial charge is 0.169 e. The van der Waals surface area contributed by atoms with E-state index in [4.69, 9.17) is 9.47 Å². The lowest BCUT2D eigenvalue weighted by Crippen LogP contribution is -2.52. The Balaban J connectivity index is 1.82. The molecule has 68 valence electrons. The number of rotatable bonds is 0. The second-order valence-electron chi connectivity index (χ2n) is 5.07. The highest BCUT2D eigenvalue weighted by Crippen LogP contribution is 2.60. The summed E-state index contributed by atoms with van der Waals surface area (Å²) in [7, 11) is 0. The van der Waals surface area contributed by atoms with Gasteiger partial charge in [0.1, 0.15) is 0 Å². The molecule has 0 aromatic carbocycles. The lowest BCUT2D eigenvalue weighted by atomic mass is 9.53. The van der Waals surface area contributed by atoms with Crippen molar-refractivity contribution in [2.75, 3.05) is 13.2 Å². The first-order valence-corrected chi connectivity index (χ1v) is 4.98. The molecular weight excluding hydrogens is 152 g/mol. The Morgan fingerprint density at radius 3 is 2.33 bits per heavy atom. The maximum atomic E-state index is 5.73. The summed E-state index contributed by atoms with van der Waals surface area (Å²) in [5, 5.41) is 0. The van der Waals surface area contributed by atoms with Crippen LogP contribution in [0.1, 0.15) is 32.6 Å². The molecule has 3 saturated carbocycles. The van der Waals surface area contributed by atoms with Crippen molar-refractivity contribution in [1.29, 1.82) is 0 Å². The summed E-state index contributed by atoms with van der Waals surface area (Å²) in [5.41, 5.74) is 0.549. The second-order valence-corrected chi connectivity index (χ2v) is 5.07. The molecule has 2 nitrogen and oxygen atoms in total. The number of ether oxygens (including phenoxy) is 2. The van der Waals surface area contributed by atoms with Gasteiger partial charge in [-0.15, -0.1) is 0 Å². The van der Waals surface area contributed by atoms with Gasteiger partial charge in [-0.05, 0) is 24.2 Å². The molecule has 0 radical (unpaired) electrons. The summed E-state index contributed by atoms with van der Waals surface area (Å²) in [5.74, 6) is 0.748. The fourth-order valence-electron chi connectivity index (χ4n) is 3.50. The van der Waals surface area contributed by atoms with Crippen LogP contribution in [0.25, 0.3) is 0 Å². The number of hydrogen-bond donors (Lipinski definition) is 0. The van der Waals surface area contributed by atoms with Gasteiger partial charge < -0.3 is 9.47 Å². The van der Waals surface area contributed by atoms with Gasteiger partial charge in [0.15, 0.2) is 5.79 Å². The average molecular weight is 168 g/mol. The highest BCUT2D eigenvalue weighted by molar-refractivity contribution is 5.02. The van der Waals surface area contributed by atoms with Crippen molar-refractivity contribution in [3.05, 3.63) is 0 Å². The van der Waals surface area contributed by atoms with Crippen LogP contribution in [0.15, 0.2) is 0 Å². The monoisotopic (exact) mass is 168 g/mol. The summed E-state index contributed by atoms with van der Waals surface area (Å²) < 4.78 is 11.5. The minimum absolute atomic E-state index is 0.143. The SMILES string of the molecule is CC12CC(C1)CC1(C2)OCCO1. The predicted octanol–water partition coefficient (Wildman–Crippen LogP) is 1.94. The molecule has 12 heavy (non-hydrogen) atoms. The molecule has 1 aliphatic heterocycles. The molecule has 0 unspecified atom stereocenters. The van der Waals surface area contributed by atoms with Gasteiger partial charge in [0.05, 0.1) is 13.2 Å². The van der Waals surface area contributed by atoms with E-state index >= 15 is 0 Å². The van der Waals surface area contributed by atoms with Crippen LogP contribution in [-0.2, 0) is 9.47 Å². The summed E-state index contributed by atoms with van der Waals surface area (Å²) in [6.07, 6.45) is 5.10. The Kier molecular flexibility index (Phi) is 1.25. The van der Waals surface area contributed by atoms with E-state index in [2.05, 4.69) is 6.92 Å². The topological polar surface area (TPSA) is 18.5 Å². The van der Waals surface area contributed by atoms with E-state index in [1.165, 1.54) is 12.8 Å². The van der Waals surface area contributed by atoms with Gasteiger partial charge in [0.25, 0.3) is 0 Å². The predicted molar refractivity (Wildman–Crippen MR) is 44.7 cm³/mol. The fraction of sp³-hybridized carbons (Fsp3) is 1.00. The summed E-state index contributed by atoms with van der Waals surface area (Å²) >= 11 is 0. The van der Waals surface area contributed by atoms with E-state index in [1.54, 1.807) is 0 Å². The van der Waals surface area contributed by atoms with Crippen LogP contribution in [-0.4, -0.2) is 19.0 Å². The molecule has 3 aliphatic carbocycles. The molecule has 0 amide bonds. The van der Waals surface area contributed by atoms with Gasteiger partial charge in [0.2, 0.25) is 0 Å². The van der Waals surface area contributed by atoms with Crippen molar-refractivity contribution in [3.8, 4) is 0 Å². The van der Waals surface area contributed by atoms with Crippen LogP contribution >= 0.6 is 0 Å². The maximum absolute atomic E-state index is 5.73. The fourth-order valence-corrected chi connectivity index (χ4v) is 3.50. The zero-order valence-corrected chi connectivity index (χ0v) is 7.64. The van der Waals surface area contributed by atoms with Crippen molar-refractivity contribution < 1.29 is 9.47 Å². The zero-order chi connectivity index (χ0) is 8.23. The normalized spacial score (nSPS) is 49.2. The highest BCUT2D eigenvalue weighted by Gasteiger charge is 2.56. The molecule has 1 saturated heterocycles. The quantitative estimate of drug-likeness (QED) is 0.550. The lowest BCUT2D eigenvalue weighted by molar-refractivity contribution is -0.244. The average Bonchev–Trinajstić information content (AvgIpc) is 2.33. The van der Waals surface area contributed by atoms with E-state index in [0.717, 1.165) is 32.0 Å². The summed E-state index contributed by atoms with van der Waals surface area (Å²) in [6, 6.07) is 0. The van der Waals surface area contributed by atoms with Gasteiger partial charge in [0, 0.05) is 12.8 Å². The summed E-state index contributed by atoms with van der Waals surface area (Å²) in [4.78, 5) is 0. The summed E-state index contributed by atoms with van der Waals surface area (Å²) in [6.45, 7) is 3.99. The standard InChI is InChI=1S/C10H16O2/c1-9-4-8(5-9)6-10(7-9)11-2-3-12-10/h8H,2-7H2,1H3. The van der Waals surface area contributed by atoms with Crippen LogP contribution in [0, 0.1) is 11.3 Å². The molecule has 4 fully saturated rings. The molecule has 4 aliphatic rings. The Morgan fingerprint density at radius 1 is 1.08 bits per heavy atom. The van der Waals surface area contributed by atoms with Crippen molar-refractivity contribution in [3.63, 3.8) is 0 Å². The van der Waals surface area contributed by atoms with Crippen molar-refractivity contribution >= 4 is 0 Å². The Morgan fingerprint density at radius 2 is 1.75 bits per heavy atom. The van der Waals surface area contributed by atoms with E-state index in [9.17, 15) is 0 Å². The van der Waals surface area contributed by atoms with Crippen molar-refractivity contribution in [1.82, 2.24) is 0 Å². The van der Waals surface area contributed by atoms with Crippen LogP contribution in [0.2, 0.25) is 0 Å². The van der Waals surface area contributed by atoms with E-state index < -0.39 is 0 Å². The molecule has 1 heterocycles. The third-order valence-electron chi connectivity index (χ3n) is 3.67. The van der Waals surface area contributed by atoms with Gasteiger partial charge in [-0.1, -0.05) is 6.92 Å². The van der Waals surface area contributed by atoms with Crippen molar-refractivity contribution in [2.45, 2.75) is 38.4 Å². The third kappa shape index (κ3) is 0.882. The Labute approximate surface area is 73.2 Å².